The molecule has 5 nitrogen and oxygen atoms in total. The predicted octanol–water partition coefficient (Wildman–Crippen LogP) is 3.35. The minimum atomic E-state index is -0.461. The molecule has 0 aliphatic carbocycles. The Morgan fingerprint density at radius 3 is 2.60 bits per heavy atom. The number of amides is 2. The van der Waals surface area contributed by atoms with Crippen molar-refractivity contribution in [3.8, 4) is 0 Å². The maximum absolute atomic E-state index is 12.9. The lowest BCUT2D eigenvalue weighted by atomic mass is 9.89. The lowest BCUT2D eigenvalue weighted by Crippen LogP contribution is -2.31. The first-order valence-corrected chi connectivity index (χ1v) is 8.76. The summed E-state index contributed by atoms with van der Waals surface area (Å²) < 4.78 is 0. The van der Waals surface area contributed by atoms with Crippen molar-refractivity contribution in [1.82, 2.24) is 0 Å². The minimum Gasteiger partial charge on any atom is -0.370 e. The number of hydrogen-bond acceptors (Lipinski definition) is 3. The van der Waals surface area contributed by atoms with E-state index in [1.807, 2.05) is 48.5 Å². The van der Waals surface area contributed by atoms with E-state index in [4.69, 9.17) is 0 Å². The number of para-hydroxylation sites is 3. The third kappa shape index (κ3) is 3.09. The maximum Gasteiger partial charge on any atom is 0.232 e. The average Bonchev–Trinajstić information content (AvgIpc) is 3.16. The highest BCUT2D eigenvalue weighted by Crippen LogP contribution is 2.34. The molecule has 25 heavy (non-hydrogen) atoms. The second-order valence-electron chi connectivity index (χ2n) is 6.59. The van der Waals surface area contributed by atoms with Gasteiger partial charge >= 0.3 is 0 Å². The third-order valence-corrected chi connectivity index (χ3v) is 4.92. The molecule has 2 aliphatic heterocycles. The molecule has 4 rings (SSSR count). The van der Waals surface area contributed by atoms with E-state index in [0.717, 1.165) is 35.7 Å². The molecule has 128 valence electrons. The number of carbonyl (C=O) groups is 2. The zero-order valence-corrected chi connectivity index (χ0v) is 14.0. The third-order valence-electron chi connectivity index (χ3n) is 4.92. The fourth-order valence-corrected chi connectivity index (χ4v) is 3.68. The van der Waals surface area contributed by atoms with Crippen molar-refractivity contribution in [2.45, 2.75) is 25.2 Å². The molecule has 2 heterocycles. The van der Waals surface area contributed by atoms with E-state index in [1.165, 1.54) is 12.8 Å². The van der Waals surface area contributed by atoms with Crippen molar-refractivity contribution in [1.29, 1.82) is 0 Å². The molecule has 0 spiro atoms. The first kappa shape index (κ1) is 15.7. The summed E-state index contributed by atoms with van der Waals surface area (Å²) in [7, 11) is 0. The van der Waals surface area contributed by atoms with Gasteiger partial charge in [0, 0.05) is 25.2 Å². The summed E-state index contributed by atoms with van der Waals surface area (Å²) in [4.78, 5) is 27.2. The molecule has 2 aromatic carbocycles. The SMILES string of the molecule is O=C1CC(C(=O)Nc2ccccc2N2CCCC2)c2ccccc2N1. The number of hydrogen-bond donors (Lipinski definition) is 2. The summed E-state index contributed by atoms with van der Waals surface area (Å²) in [6.45, 7) is 2.03. The largest absolute Gasteiger partial charge is 0.370 e. The van der Waals surface area contributed by atoms with Crippen LogP contribution in [0.4, 0.5) is 17.1 Å². The van der Waals surface area contributed by atoms with Crippen molar-refractivity contribution in [3.63, 3.8) is 0 Å². The van der Waals surface area contributed by atoms with E-state index in [-0.39, 0.29) is 18.2 Å². The Kier molecular flexibility index (Phi) is 4.14. The van der Waals surface area contributed by atoms with Gasteiger partial charge in [0.1, 0.15) is 0 Å². The van der Waals surface area contributed by atoms with Gasteiger partial charge in [0.25, 0.3) is 0 Å². The molecular formula is C20H21N3O2. The van der Waals surface area contributed by atoms with E-state index in [9.17, 15) is 9.59 Å². The van der Waals surface area contributed by atoms with Crippen LogP contribution in [0.5, 0.6) is 0 Å². The summed E-state index contributed by atoms with van der Waals surface area (Å²) in [6.07, 6.45) is 2.53. The van der Waals surface area contributed by atoms with Crippen molar-refractivity contribution < 1.29 is 9.59 Å². The minimum absolute atomic E-state index is 0.119. The van der Waals surface area contributed by atoms with Crippen molar-refractivity contribution in [3.05, 3.63) is 54.1 Å². The zero-order valence-electron chi connectivity index (χ0n) is 14.0. The first-order valence-electron chi connectivity index (χ1n) is 8.76. The first-order chi connectivity index (χ1) is 12.2. The van der Waals surface area contributed by atoms with E-state index < -0.39 is 5.92 Å². The molecule has 0 saturated carbocycles. The Morgan fingerprint density at radius 2 is 1.76 bits per heavy atom. The van der Waals surface area contributed by atoms with E-state index in [1.54, 1.807) is 0 Å². The molecule has 0 bridgehead atoms. The molecular weight excluding hydrogens is 314 g/mol. The molecule has 0 aromatic heterocycles. The topological polar surface area (TPSA) is 61.4 Å². The van der Waals surface area contributed by atoms with Crippen LogP contribution in [0.3, 0.4) is 0 Å². The molecule has 0 radical (unpaired) electrons. The van der Waals surface area contributed by atoms with Gasteiger partial charge in [0.05, 0.1) is 17.3 Å². The Bertz CT molecular complexity index is 812. The zero-order chi connectivity index (χ0) is 17.2. The number of anilines is 3. The molecule has 2 amide bonds. The van der Waals surface area contributed by atoms with E-state index in [2.05, 4.69) is 15.5 Å². The smallest absolute Gasteiger partial charge is 0.232 e. The summed E-state index contributed by atoms with van der Waals surface area (Å²) >= 11 is 0. The van der Waals surface area contributed by atoms with E-state index >= 15 is 0 Å². The van der Waals surface area contributed by atoms with Crippen LogP contribution in [0.1, 0.15) is 30.7 Å². The highest BCUT2D eigenvalue weighted by molar-refractivity contribution is 6.06. The van der Waals surface area contributed by atoms with Gasteiger partial charge in [-0.2, -0.15) is 0 Å². The number of benzene rings is 2. The van der Waals surface area contributed by atoms with Crippen molar-refractivity contribution >= 4 is 28.9 Å². The normalized spacial score (nSPS) is 19.3. The van der Waals surface area contributed by atoms with Crippen LogP contribution < -0.4 is 15.5 Å². The maximum atomic E-state index is 12.9. The number of carbonyl (C=O) groups excluding carboxylic acids is 2. The van der Waals surface area contributed by atoms with Gasteiger partial charge in [-0.05, 0) is 36.6 Å². The van der Waals surface area contributed by atoms with Crippen LogP contribution in [0.25, 0.3) is 0 Å². The van der Waals surface area contributed by atoms with Gasteiger partial charge in [-0.15, -0.1) is 0 Å². The lowest BCUT2D eigenvalue weighted by molar-refractivity contribution is -0.123. The molecule has 2 aromatic rings. The summed E-state index contributed by atoms with van der Waals surface area (Å²) in [6, 6.07) is 15.4. The Hall–Kier alpha value is -2.82. The number of fused-ring (bicyclic) bond motifs is 1. The molecule has 2 N–H and O–H groups in total. The fraction of sp³-hybridized carbons (Fsp3) is 0.300. The molecule has 2 aliphatic rings. The summed E-state index contributed by atoms with van der Waals surface area (Å²) in [5.74, 6) is -0.711. The van der Waals surface area contributed by atoms with Crippen molar-refractivity contribution in [2.75, 3.05) is 28.6 Å². The van der Waals surface area contributed by atoms with Gasteiger partial charge in [-0.3, -0.25) is 9.59 Å². The summed E-state index contributed by atoms with van der Waals surface area (Å²) in [5, 5.41) is 5.90. The highest BCUT2D eigenvalue weighted by Gasteiger charge is 2.31. The van der Waals surface area contributed by atoms with Gasteiger partial charge in [-0.25, -0.2) is 0 Å². The van der Waals surface area contributed by atoms with Gasteiger partial charge in [0.15, 0.2) is 0 Å². The standard InChI is InChI=1S/C20H21N3O2/c24-19-13-15(14-7-1-2-8-16(14)21-19)20(25)22-17-9-3-4-10-18(17)23-11-5-6-12-23/h1-4,7-10,15H,5-6,11-13H2,(H,21,24)(H,22,25). The highest BCUT2D eigenvalue weighted by atomic mass is 16.2. The van der Waals surface area contributed by atoms with Crippen LogP contribution in [0.15, 0.2) is 48.5 Å². The molecule has 1 fully saturated rings. The monoisotopic (exact) mass is 335 g/mol. The van der Waals surface area contributed by atoms with Crippen molar-refractivity contribution in [2.24, 2.45) is 0 Å². The number of nitrogens with one attached hydrogen (secondary N) is 2. The number of rotatable bonds is 3. The van der Waals surface area contributed by atoms with Crippen LogP contribution in [-0.4, -0.2) is 24.9 Å². The molecule has 1 saturated heterocycles. The van der Waals surface area contributed by atoms with Crippen LogP contribution >= 0.6 is 0 Å². The van der Waals surface area contributed by atoms with Gasteiger partial charge in [0.2, 0.25) is 11.8 Å². The molecule has 1 unspecified atom stereocenters. The van der Waals surface area contributed by atoms with Gasteiger partial charge in [-0.1, -0.05) is 30.3 Å². The fourth-order valence-electron chi connectivity index (χ4n) is 3.68. The quantitative estimate of drug-likeness (QED) is 0.904. The average molecular weight is 335 g/mol. The molecule has 1 atom stereocenters. The second-order valence-corrected chi connectivity index (χ2v) is 6.59. The number of nitrogens with zero attached hydrogens (tertiary/aromatic N) is 1. The van der Waals surface area contributed by atoms with E-state index in [0.29, 0.717) is 0 Å². The predicted molar refractivity (Wildman–Crippen MR) is 98.9 cm³/mol. The molecule has 5 heteroatoms. The summed E-state index contributed by atoms with van der Waals surface area (Å²) in [5.41, 5.74) is 3.48. The Labute approximate surface area is 147 Å². The van der Waals surface area contributed by atoms with Gasteiger partial charge < -0.3 is 15.5 Å². The Morgan fingerprint density at radius 1 is 1.04 bits per heavy atom. The lowest BCUT2D eigenvalue weighted by Gasteiger charge is -2.26. The second kappa shape index (κ2) is 6.59. The van der Waals surface area contributed by atoms with Crippen LogP contribution in [0.2, 0.25) is 0 Å². The van der Waals surface area contributed by atoms with Crippen LogP contribution in [-0.2, 0) is 9.59 Å². The van der Waals surface area contributed by atoms with Crippen LogP contribution in [0, 0.1) is 0 Å². The Balaban J connectivity index is 1.60.